The number of aromatic nitrogens is 2. The molecule has 4 heteroatoms. The molecule has 1 N–H and O–H groups in total. The van der Waals surface area contributed by atoms with Crippen molar-refractivity contribution in [3.63, 3.8) is 0 Å². The summed E-state index contributed by atoms with van der Waals surface area (Å²) in [5.74, 6) is 0. The number of imidazole rings is 1. The van der Waals surface area contributed by atoms with Gasteiger partial charge in [0.1, 0.15) is 0 Å². The van der Waals surface area contributed by atoms with Crippen molar-refractivity contribution in [3.8, 4) is 0 Å². The molecule has 0 bridgehead atoms. The smallest absolute Gasteiger partial charge is 0.0946 e. The molecule has 68 valence electrons. The Hall–Kier alpha value is -0.870. The van der Waals surface area contributed by atoms with Crippen molar-refractivity contribution < 1.29 is 4.74 Å². The van der Waals surface area contributed by atoms with Crippen molar-refractivity contribution in [2.75, 3.05) is 26.8 Å². The van der Waals surface area contributed by atoms with Gasteiger partial charge in [-0.3, -0.25) is 0 Å². The van der Waals surface area contributed by atoms with Crippen LogP contribution in [0.15, 0.2) is 18.7 Å². The van der Waals surface area contributed by atoms with E-state index in [4.69, 9.17) is 4.74 Å². The summed E-state index contributed by atoms with van der Waals surface area (Å²) in [5.41, 5.74) is 0. The van der Waals surface area contributed by atoms with E-state index in [9.17, 15) is 0 Å². The van der Waals surface area contributed by atoms with E-state index < -0.39 is 0 Å². The lowest BCUT2D eigenvalue weighted by atomic mass is 10.5. The Balaban J connectivity index is 1.96. The Labute approximate surface area is 72.6 Å². The molecule has 0 atom stereocenters. The minimum absolute atomic E-state index is 0.768. The van der Waals surface area contributed by atoms with Gasteiger partial charge in [0, 0.05) is 39.1 Å². The molecule has 0 radical (unpaired) electrons. The number of hydrogen-bond donors (Lipinski definition) is 1. The van der Waals surface area contributed by atoms with Crippen LogP contribution in [0.5, 0.6) is 0 Å². The number of ether oxygens (including phenoxy) is 1. The van der Waals surface area contributed by atoms with Gasteiger partial charge in [-0.15, -0.1) is 0 Å². The van der Waals surface area contributed by atoms with Crippen molar-refractivity contribution in [3.05, 3.63) is 18.7 Å². The number of hydrogen-bond acceptors (Lipinski definition) is 3. The zero-order chi connectivity index (χ0) is 8.65. The molecular formula is C8H15N3O. The van der Waals surface area contributed by atoms with Gasteiger partial charge in [-0.1, -0.05) is 0 Å². The molecule has 0 amide bonds. The second-order valence-electron chi connectivity index (χ2n) is 2.54. The van der Waals surface area contributed by atoms with E-state index >= 15 is 0 Å². The van der Waals surface area contributed by atoms with Crippen LogP contribution in [0.1, 0.15) is 0 Å². The summed E-state index contributed by atoms with van der Waals surface area (Å²) in [6.45, 7) is 3.60. The lowest BCUT2D eigenvalue weighted by Gasteiger charge is -2.03. The van der Waals surface area contributed by atoms with E-state index in [1.54, 1.807) is 13.3 Å². The first-order valence-corrected chi connectivity index (χ1v) is 4.09. The van der Waals surface area contributed by atoms with Gasteiger partial charge in [-0.25, -0.2) is 4.98 Å². The summed E-state index contributed by atoms with van der Waals surface area (Å²) >= 11 is 0. The summed E-state index contributed by atoms with van der Waals surface area (Å²) in [5, 5.41) is 3.25. The summed E-state index contributed by atoms with van der Waals surface area (Å²) in [6.07, 6.45) is 5.56. The molecule has 0 spiro atoms. The lowest BCUT2D eigenvalue weighted by Crippen LogP contribution is -2.23. The fourth-order valence-electron chi connectivity index (χ4n) is 0.926. The van der Waals surface area contributed by atoms with Crippen LogP contribution in [0.4, 0.5) is 0 Å². The van der Waals surface area contributed by atoms with Crippen molar-refractivity contribution in [2.24, 2.45) is 0 Å². The maximum Gasteiger partial charge on any atom is 0.0946 e. The van der Waals surface area contributed by atoms with E-state index in [2.05, 4.69) is 10.3 Å². The van der Waals surface area contributed by atoms with Crippen LogP contribution in [-0.4, -0.2) is 36.4 Å². The normalized spacial score (nSPS) is 10.4. The first kappa shape index (κ1) is 9.22. The second-order valence-corrected chi connectivity index (χ2v) is 2.54. The second kappa shape index (κ2) is 5.74. The molecule has 0 aliphatic heterocycles. The van der Waals surface area contributed by atoms with E-state index in [1.807, 2.05) is 17.1 Å². The topological polar surface area (TPSA) is 39.1 Å². The van der Waals surface area contributed by atoms with Crippen LogP contribution in [0.2, 0.25) is 0 Å². The Bertz CT molecular complexity index is 186. The van der Waals surface area contributed by atoms with Crippen molar-refractivity contribution in [2.45, 2.75) is 6.54 Å². The van der Waals surface area contributed by atoms with Gasteiger partial charge in [-0.2, -0.15) is 0 Å². The minimum atomic E-state index is 0.768. The third kappa shape index (κ3) is 3.50. The standard InChI is InChI=1S/C8H15N3O/c1-12-7-4-9-2-5-11-6-3-10-8-11/h3,6,8-9H,2,4-5,7H2,1H3. The van der Waals surface area contributed by atoms with Crippen LogP contribution in [-0.2, 0) is 11.3 Å². The van der Waals surface area contributed by atoms with Crippen molar-refractivity contribution in [1.82, 2.24) is 14.9 Å². The monoisotopic (exact) mass is 169 g/mol. The van der Waals surface area contributed by atoms with Gasteiger partial charge >= 0.3 is 0 Å². The molecule has 1 heterocycles. The van der Waals surface area contributed by atoms with Crippen molar-refractivity contribution in [1.29, 1.82) is 0 Å². The summed E-state index contributed by atoms with van der Waals surface area (Å²) in [7, 11) is 1.71. The number of methoxy groups -OCH3 is 1. The summed E-state index contributed by atoms with van der Waals surface area (Å²) in [4.78, 5) is 3.95. The molecule has 1 aromatic heterocycles. The molecule has 4 nitrogen and oxygen atoms in total. The molecule has 0 saturated carbocycles. The number of rotatable bonds is 6. The van der Waals surface area contributed by atoms with E-state index in [0.717, 1.165) is 26.2 Å². The van der Waals surface area contributed by atoms with Gasteiger partial charge in [0.25, 0.3) is 0 Å². The highest BCUT2D eigenvalue weighted by Crippen LogP contribution is 1.82. The Morgan fingerprint density at radius 3 is 3.08 bits per heavy atom. The van der Waals surface area contributed by atoms with Crippen LogP contribution >= 0.6 is 0 Å². The van der Waals surface area contributed by atoms with Crippen LogP contribution in [0.25, 0.3) is 0 Å². The lowest BCUT2D eigenvalue weighted by molar-refractivity contribution is 0.199. The zero-order valence-electron chi connectivity index (χ0n) is 7.36. The summed E-state index contributed by atoms with van der Waals surface area (Å²) in [6, 6.07) is 0. The Morgan fingerprint density at radius 1 is 1.50 bits per heavy atom. The number of nitrogens with one attached hydrogen (secondary N) is 1. The maximum atomic E-state index is 4.90. The predicted octanol–water partition coefficient (Wildman–Crippen LogP) is 0.119. The fourth-order valence-corrected chi connectivity index (χ4v) is 0.926. The first-order chi connectivity index (χ1) is 5.93. The SMILES string of the molecule is COCCNCCn1ccnc1. The summed E-state index contributed by atoms with van der Waals surface area (Å²) < 4.78 is 6.94. The average Bonchev–Trinajstić information content (AvgIpc) is 2.57. The first-order valence-electron chi connectivity index (χ1n) is 4.09. The van der Waals surface area contributed by atoms with E-state index in [-0.39, 0.29) is 0 Å². The van der Waals surface area contributed by atoms with E-state index in [0.29, 0.717) is 0 Å². The molecule has 12 heavy (non-hydrogen) atoms. The number of nitrogens with zero attached hydrogens (tertiary/aromatic N) is 2. The van der Waals surface area contributed by atoms with Gasteiger partial charge < -0.3 is 14.6 Å². The van der Waals surface area contributed by atoms with Crippen molar-refractivity contribution >= 4 is 0 Å². The molecule has 0 fully saturated rings. The average molecular weight is 169 g/mol. The molecular weight excluding hydrogens is 154 g/mol. The van der Waals surface area contributed by atoms with Gasteiger partial charge in [0.15, 0.2) is 0 Å². The molecule has 0 saturated heterocycles. The zero-order valence-corrected chi connectivity index (χ0v) is 7.36. The van der Waals surface area contributed by atoms with Crippen LogP contribution in [0.3, 0.4) is 0 Å². The molecule has 0 aliphatic rings. The van der Waals surface area contributed by atoms with E-state index in [1.165, 1.54) is 0 Å². The highest BCUT2D eigenvalue weighted by Gasteiger charge is 1.88. The molecule has 1 aromatic rings. The van der Waals surface area contributed by atoms with Gasteiger partial charge in [-0.05, 0) is 0 Å². The molecule has 0 aromatic carbocycles. The van der Waals surface area contributed by atoms with Crippen LogP contribution in [0, 0.1) is 0 Å². The Morgan fingerprint density at radius 2 is 2.42 bits per heavy atom. The predicted molar refractivity (Wildman–Crippen MR) is 47.0 cm³/mol. The highest BCUT2D eigenvalue weighted by atomic mass is 16.5. The third-order valence-electron chi connectivity index (χ3n) is 1.59. The molecule has 0 aliphatic carbocycles. The maximum absolute atomic E-state index is 4.90. The molecule has 1 rings (SSSR count). The van der Waals surface area contributed by atoms with Gasteiger partial charge in [0.2, 0.25) is 0 Å². The molecule has 0 unspecified atom stereocenters. The highest BCUT2D eigenvalue weighted by molar-refractivity contribution is 4.73. The Kier molecular flexibility index (Phi) is 4.41. The largest absolute Gasteiger partial charge is 0.383 e. The third-order valence-corrected chi connectivity index (χ3v) is 1.59. The minimum Gasteiger partial charge on any atom is -0.383 e. The fraction of sp³-hybridized carbons (Fsp3) is 0.625. The quantitative estimate of drug-likeness (QED) is 0.615. The van der Waals surface area contributed by atoms with Gasteiger partial charge in [0.05, 0.1) is 12.9 Å². The van der Waals surface area contributed by atoms with Crippen LogP contribution < -0.4 is 5.32 Å².